The maximum absolute atomic E-state index is 13.5. The summed E-state index contributed by atoms with van der Waals surface area (Å²) in [6.45, 7) is 2.10. The molecular formula is C24H20F3N5O2. The molecule has 174 valence electrons. The molecule has 4 aromatic rings. The predicted molar refractivity (Wildman–Crippen MR) is 119 cm³/mol. The molecule has 1 N–H and O–H groups in total. The van der Waals surface area contributed by atoms with Crippen molar-refractivity contribution in [3.05, 3.63) is 112 Å². The van der Waals surface area contributed by atoms with Gasteiger partial charge in [0.2, 0.25) is 5.43 Å². The summed E-state index contributed by atoms with van der Waals surface area (Å²) in [6.07, 6.45) is 0.518. The summed E-state index contributed by atoms with van der Waals surface area (Å²) >= 11 is 0. The number of aryl methyl sites for hydroxylation is 1. The monoisotopic (exact) mass is 467 g/mol. The molecule has 0 aliphatic rings. The van der Waals surface area contributed by atoms with Crippen LogP contribution in [0.1, 0.15) is 32.9 Å². The molecule has 0 atom stereocenters. The average molecular weight is 467 g/mol. The number of para-hydroxylation sites is 1. The molecule has 7 nitrogen and oxygen atoms in total. The Labute approximate surface area is 192 Å². The molecule has 0 aliphatic carbocycles. The molecule has 0 spiro atoms. The van der Waals surface area contributed by atoms with Crippen LogP contribution >= 0.6 is 0 Å². The fraction of sp³-hybridized carbons (Fsp3) is 0.167. The summed E-state index contributed by atoms with van der Waals surface area (Å²) in [5, 5.41) is 6.65. The zero-order valence-electron chi connectivity index (χ0n) is 18.1. The first-order valence-electron chi connectivity index (χ1n) is 10.3. The Hall–Kier alpha value is -4.21. The van der Waals surface area contributed by atoms with E-state index in [1.807, 2.05) is 35.0 Å². The highest BCUT2D eigenvalue weighted by Crippen LogP contribution is 2.33. The maximum Gasteiger partial charge on any atom is 0.418 e. The van der Waals surface area contributed by atoms with E-state index in [9.17, 15) is 22.8 Å². The van der Waals surface area contributed by atoms with Gasteiger partial charge in [-0.25, -0.2) is 9.67 Å². The van der Waals surface area contributed by atoms with E-state index >= 15 is 0 Å². The van der Waals surface area contributed by atoms with Crippen molar-refractivity contribution < 1.29 is 18.0 Å². The van der Waals surface area contributed by atoms with E-state index < -0.39 is 28.8 Å². The molecule has 0 fully saturated rings. The molecule has 2 aromatic carbocycles. The number of amides is 1. The van der Waals surface area contributed by atoms with Gasteiger partial charge in [-0.1, -0.05) is 36.4 Å². The van der Waals surface area contributed by atoms with Crippen molar-refractivity contribution in [2.75, 3.05) is 0 Å². The first-order valence-corrected chi connectivity index (χ1v) is 10.3. The van der Waals surface area contributed by atoms with Crippen LogP contribution in [0.25, 0.3) is 5.69 Å². The molecule has 0 saturated heterocycles. The van der Waals surface area contributed by atoms with Crippen molar-refractivity contribution in [3.63, 3.8) is 0 Å². The van der Waals surface area contributed by atoms with Gasteiger partial charge in [0, 0.05) is 37.2 Å². The Morgan fingerprint density at radius 1 is 1.06 bits per heavy atom. The van der Waals surface area contributed by atoms with E-state index in [2.05, 4.69) is 15.4 Å². The van der Waals surface area contributed by atoms with E-state index in [4.69, 9.17) is 0 Å². The Balaban J connectivity index is 1.61. The van der Waals surface area contributed by atoms with Gasteiger partial charge in [-0.3, -0.25) is 9.59 Å². The smallest absolute Gasteiger partial charge is 0.346 e. The second-order valence-corrected chi connectivity index (χ2v) is 7.61. The topological polar surface area (TPSA) is 81.8 Å². The van der Waals surface area contributed by atoms with E-state index in [1.54, 1.807) is 12.5 Å². The molecule has 1 amide bonds. The van der Waals surface area contributed by atoms with Gasteiger partial charge in [0.1, 0.15) is 0 Å². The average Bonchev–Trinajstić information content (AvgIpc) is 3.31. The fourth-order valence-corrected chi connectivity index (χ4v) is 3.57. The van der Waals surface area contributed by atoms with Crippen LogP contribution in [0.3, 0.4) is 0 Å². The van der Waals surface area contributed by atoms with Crippen LogP contribution < -0.4 is 10.7 Å². The van der Waals surface area contributed by atoms with Gasteiger partial charge in [0.15, 0.2) is 5.69 Å². The van der Waals surface area contributed by atoms with Gasteiger partial charge >= 0.3 is 6.18 Å². The van der Waals surface area contributed by atoms with Gasteiger partial charge in [0.25, 0.3) is 5.91 Å². The zero-order valence-corrected chi connectivity index (χ0v) is 18.1. The van der Waals surface area contributed by atoms with Crippen molar-refractivity contribution in [3.8, 4) is 5.69 Å². The number of hydrogen-bond acceptors (Lipinski definition) is 4. The van der Waals surface area contributed by atoms with Crippen molar-refractivity contribution >= 4 is 5.91 Å². The van der Waals surface area contributed by atoms with Crippen molar-refractivity contribution in [2.45, 2.75) is 26.2 Å². The lowest BCUT2D eigenvalue weighted by atomic mass is 10.1. The largest absolute Gasteiger partial charge is 0.418 e. The summed E-state index contributed by atoms with van der Waals surface area (Å²) in [6, 6.07) is 13.4. The quantitative estimate of drug-likeness (QED) is 0.469. The number of benzene rings is 2. The van der Waals surface area contributed by atoms with Gasteiger partial charge in [-0.05, 0) is 30.2 Å². The SMILES string of the molecule is Cc1cc(=O)c(C(=O)NCc2ccccc2Cn2ccnc2)nn1-c1ccccc1C(F)(F)F. The molecule has 0 bridgehead atoms. The number of imidazole rings is 1. The molecular weight excluding hydrogens is 447 g/mol. The minimum atomic E-state index is -4.63. The van der Waals surface area contributed by atoms with E-state index in [0.717, 1.165) is 27.9 Å². The number of aromatic nitrogens is 4. The van der Waals surface area contributed by atoms with Crippen LogP contribution in [0, 0.1) is 6.92 Å². The normalized spacial score (nSPS) is 11.4. The first kappa shape index (κ1) is 23.0. The number of carbonyl (C=O) groups is 1. The van der Waals surface area contributed by atoms with Crippen LogP contribution in [-0.4, -0.2) is 25.2 Å². The highest BCUT2D eigenvalue weighted by Gasteiger charge is 2.34. The molecule has 34 heavy (non-hydrogen) atoms. The predicted octanol–water partition coefficient (Wildman–Crippen LogP) is 3.73. The number of hydrogen-bond donors (Lipinski definition) is 1. The Morgan fingerprint density at radius 2 is 1.76 bits per heavy atom. The highest BCUT2D eigenvalue weighted by molar-refractivity contribution is 5.92. The summed E-state index contributed by atoms with van der Waals surface area (Å²) < 4.78 is 43.3. The third kappa shape index (κ3) is 4.90. The molecule has 10 heteroatoms. The zero-order chi connectivity index (χ0) is 24.3. The number of alkyl halides is 3. The molecule has 4 rings (SSSR count). The van der Waals surface area contributed by atoms with E-state index in [0.29, 0.717) is 6.54 Å². The molecule has 2 aromatic heterocycles. The summed E-state index contributed by atoms with van der Waals surface area (Å²) in [5.41, 5.74) is -0.434. The lowest BCUT2D eigenvalue weighted by molar-refractivity contribution is -0.137. The minimum absolute atomic E-state index is 0.109. The van der Waals surface area contributed by atoms with Crippen LogP contribution in [0.4, 0.5) is 13.2 Å². The minimum Gasteiger partial charge on any atom is -0.346 e. The number of nitrogens with one attached hydrogen (secondary N) is 1. The number of carbonyl (C=O) groups excluding carboxylic acids is 1. The molecule has 0 aliphatic heterocycles. The van der Waals surface area contributed by atoms with Crippen LogP contribution in [0.2, 0.25) is 0 Å². The van der Waals surface area contributed by atoms with E-state index in [1.165, 1.54) is 25.1 Å². The standard InChI is InChI=1S/C24H20F3N5O2/c1-16-12-21(33)22(30-32(16)20-9-5-4-8-19(20)24(25,26)27)23(34)29-13-17-6-2-3-7-18(17)14-31-11-10-28-15-31/h2-12,15H,13-14H2,1H3,(H,29,34). The molecule has 2 heterocycles. The lowest BCUT2D eigenvalue weighted by Gasteiger charge is -2.17. The second-order valence-electron chi connectivity index (χ2n) is 7.61. The lowest BCUT2D eigenvalue weighted by Crippen LogP contribution is -2.32. The summed E-state index contributed by atoms with van der Waals surface area (Å²) in [4.78, 5) is 29.3. The van der Waals surface area contributed by atoms with Crippen LogP contribution in [0.15, 0.2) is 78.1 Å². The van der Waals surface area contributed by atoms with Crippen LogP contribution in [-0.2, 0) is 19.3 Å². The van der Waals surface area contributed by atoms with Crippen molar-refractivity contribution in [1.29, 1.82) is 0 Å². The fourth-order valence-electron chi connectivity index (χ4n) is 3.57. The number of halogens is 3. The molecule has 0 radical (unpaired) electrons. The third-order valence-corrected chi connectivity index (χ3v) is 5.23. The summed E-state index contributed by atoms with van der Waals surface area (Å²) in [5.74, 6) is -0.777. The number of nitrogens with zero attached hydrogens (tertiary/aromatic N) is 4. The third-order valence-electron chi connectivity index (χ3n) is 5.23. The Morgan fingerprint density at radius 3 is 2.47 bits per heavy atom. The van der Waals surface area contributed by atoms with Crippen molar-refractivity contribution in [1.82, 2.24) is 24.6 Å². The van der Waals surface area contributed by atoms with Gasteiger partial charge in [-0.2, -0.15) is 18.3 Å². The summed E-state index contributed by atoms with van der Waals surface area (Å²) in [7, 11) is 0. The maximum atomic E-state index is 13.5. The van der Waals surface area contributed by atoms with Gasteiger partial charge in [0.05, 0.1) is 17.6 Å². The van der Waals surface area contributed by atoms with Crippen LogP contribution in [0.5, 0.6) is 0 Å². The van der Waals surface area contributed by atoms with E-state index in [-0.39, 0.29) is 17.9 Å². The Kier molecular flexibility index (Phi) is 6.31. The van der Waals surface area contributed by atoms with Gasteiger partial charge < -0.3 is 9.88 Å². The molecule has 0 unspecified atom stereocenters. The second kappa shape index (κ2) is 9.34. The first-order chi connectivity index (χ1) is 16.2. The van der Waals surface area contributed by atoms with Gasteiger partial charge in [-0.15, -0.1) is 0 Å². The number of rotatable bonds is 6. The highest BCUT2D eigenvalue weighted by atomic mass is 19.4. The Bertz CT molecular complexity index is 1380. The van der Waals surface area contributed by atoms with Crippen molar-refractivity contribution in [2.24, 2.45) is 0 Å². The molecule has 0 saturated carbocycles.